The first-order valence-corrected chi connectivity index (χ1v) is 4.55. The van der Waals surface area contributed by atoms with Gasteiger partial charge in [0.15, 0.2) is 1.41 Å². The molecular formula is C11H13NO. The third-order valence-corrected chi connectivity index (χ3v) is 2.38. The van der Waals surface area contributed by atoms with E-state index in [1.54, 1.807) is 0 Å². The van der Waals surface area contributed by atoms with Crippen LogP contribution in [0.15, 0.2) is 18.2 Å². The maximum Gasteiger partial charge on any atom is 0.228 e. The van der Waals surface area contributed by atoms with Crippen molar-refractivity contribution in [3.8, 4) is 0 Å². The van der Waals surface area contributed by atoms with Gasteiger partial charge in [0.2, 0.25) is 5.91 Å². The number of hydrogen-bond donors (Lipinski definition) is 1. The van der Waals surface area contributed by atoms with E-state index < -0.39 is 0 Å². The summed E-state index contributed by atoms with van der Waals surface area (Å²) in [6, 6.07) is 5.78. The highest BCUT2D eigenvalue weighted by Crippen LogP contribution is 2.30. The van der Waals surface area contributed by atoms with Crippen LogP contribution in [0.2, 0.25) is 1.41 Å². The summed E-state index contributed by atoms with van der Waals surface area (Å²) in [7, 11) is 0. The van der Waals surface area contributed by atoms with E-state index in [9.17, 15) is 4.79 Å². The molecule has 0 atom stereocenters. The van der Waals surface area contributed by atoms with Gasteiger partial charge in [0.1, 0.15) is 0 Å². The molecule has 0 radical (unpaired) electrons. The van der Waals surface area contributed by atoms with E-state index in [1.807, 2.05) is 18.2 Å². The predicted molar refractivity (Wildman–Crippen MR) is 52.9 cm³/mol. The summed E-state index contributed by atoms with van der Waals surface area (Å²) in [6.45, 7) is 4.21. The number of carbonyl (C=O) groups is 1. The van der Waals surface area contributed by atoms with Crippen molar-refractivity contribution < 1.29 is 6.21 Å². The van der Waals surface area contributed by atoms with E-state index in [-0.39, 0.29) is 5.91 Å². The average Bonchev–Trinajstić information content (AvgIpc) is 2.43. The molecular weight excluding hydrogens is 162 g/mol. The normalized spacial score (nSPS) is 16.4. The van der Waals surface area contributed by atoms with Gasteiger partial charge >= 0.3 is 0 Å². The van der Waals surface area contributed by atoms with E-state index in [0.29, 0.717) is 12.3 Å². The molecule has 0 spiro atoms. The lowest BCUT2D eigenvalue weighted by molar-refractivity contribution is -0.115. The SMILES string of the molecule is [3H]N1C(=O)Cc2c(C(C)C)cccc21. The molecule has 0 aliphatic carbocycles. The Morgan fingerprint density at radius 2 is 2.31 bits per heavy atom. The molecule has 2 heteroatoms. The second-order valence-corrected chi connectivity index (χ2v) is 3.68. The molecule has 1 amide bonds. The minimum absolute atomic E-state index is 0.131. The lowest BCUT2D eigenvalue weighted by atomic mass is 9.96. The van der Waals surface area contributed by atoms with Gasteiger partial charge in [-0.25, -0.2) is 0 Å². The van der Waals surface area contributed by atoms with Crippen molar-refractivity contribution in [2.24, 2.45) is 0 Å². The molecule has 2 rings (SSSR count). The molecule has 1 aromatic rings. The number of anilines is 1. The molecule has 0 fully saturated rings. The second-order valence-electron chi connectivity index (χ2n) is 3.68. The van der Waals surface area contributed by atoms with Crippen molar-refractivity contribution in [2.75, 3.05) is 5.31 Å². The van der Waals surface area contributed by atoms with Gasteiger partial charge in [0, 0.05) is 5.69 Å². The molecule has 1 heterocycles. The first-order chi connectivity index (χ1) is 6.61. The molecule has 0 aromatic heterocycles. The lowest BCUT2D eigenvalue weighted by Crippen LogP contribution is -2.03. The van der Waals surface area contributed by atoms with Gasteiger partial charge in [0.25, 0.3) is 0 Å². The Morgan fingerprint density at radius 1 is 1.54 bits per heavy atom. The van der Waals surface area contributed by atoms with Crippen molar-refractivity contribution in [2.45, 2.75) is 26.2 Å². The standard InChI is InChI=1S/C11H13NO/c1-7(2)8-4-3-5-10-9(8)6-11(13)12-10/h3-5,7H,6H2,1-2H3,(H,12,13)/i/hT. The Bertz CT molecular complexity index is 387. The highest BCUT2D eigenvalue weighted by molar-refractivity contribution is 5.99. The summed E-state index contributed by atoms with van der Waals surface area (Å²) in [4.78, 5) is 11.3. The maximum atomic E-state index is 11.3. The van der Waals surface area contributed by atoms with E-state index in [4.69, 9.17) is 1.41 Å². The molecule has 0 saturated carbocycles. The van der Waals surface area contributed by atoms with Crippen LogP contribution in [-0.2, 0) is 11.2 Å². The van der Waals surface area contributed by atoms with Crippen LogP contribution >= 0.6 is 0 Å². The van der Waals surface area contributed by atoms with Crippen LogP contribution in [0.3, 0.4) is 0 Å². The van der Waals surface area contributed by atoms with Gasteiger partial charge in [0.05, 0.1) is 6.42 Å². The third kappa shape index (κ3) is 1.32. The van der Waals surface area contributed by atoms with Crippen LogP contribution in [-0.4, -0.2) is 5.91 Å². The Labute approximate surface area is 79.4 Å². The number of carbonyl (C=O) groups excluding carboxylic acids is 1. The molecule has 1 N–H and O–H groups in total. The average molecular weight is 177 g/mol. The van der Waals surface area contributed by atoms with Crippen LogP contribution in [0.4, 0.5) is 5.69 Å². The summed E-state index contributed by atoms with van der Waals surface area (Å²) in [5.74, 6) is 0.275. The molecule has 1 aromatic carbocycles. The van der Waals surface area contributed by atoms with Crippen LogP contribution < -0.4 is 5.31 Å². The Hall–Kier alpha value is -1.31. The van der Waals surface area contributed by atoms with E-state index in [2.05, 4.69) is 13.8 Å². The van der Waals surface area contributed by atoms with Crippen LogP contribution in [0, 0.1) is 0 Å². The van der Waals surface area contributed by atoms with Crippen molar-refractivity contribution in [1.82, 2.24) is 0 Å². The van der Waals surface area contributed by atoms with Crippen LogP contribution in [0.5, 0.6) is 0 Å². The van der Waals surface area contributed by atoms with Gasteiger partial charge in [-0.15, -0.1) is 0 Å². The van der Waals surface area contributed by atoms with Gasteiger partial charge in [-0.05, 0) is 23.1 Å². The van der Waals surface area contributed by atoms with Crippen LogP contribution in [0.1, 0.15) is 30.9 Å². The zero-order valence-electron chi connectivity index (χ0n) is 8.87. The van der Waals surface area contributed by atoms with E-state index >= 15 is 0 Å². The fourth-order valence-corrected chi connectivity index (χ4v) is 1.76. The van der Waals surface area contributed by atoms with Crippen molar-refractivity contribution in [3.05, 3.63) is 29.3 Å². The number of amides is 1. The Morgan fingerprint density at radius 3 is 3.00 bits per heavy atom. The molecule has 1 aliphatic rings. The number of benzene rings is 1. The summed E-state index contributed by atoms with van der Waals surface area (Å²) in [5, 5.41) is 1.00. The summed E-state index contributed by atoms with van der Waals surface area (Å²) in [5.41, 5.74) is 2.97. The molecule has 0 unspecified atom stereocenters. The largest absolute Gasteiger partial charge is 0.326 e. The number of hydrogen-bond acceptors (Lipinski definition) is 1. The van der Waals surface area contributed by atoms with Crippen LogP contribution in [0.25, 0.3) is 0 Å². The van der Waals surface area contributed by atoms with Gasteiger partial charge in [-0.1, -0.05) is 26.0 Å². The number of rotatable bonds is 1. The molecule has 2 nitrogen and oxygen atoms in total. The minimum Gasteiger partial charge on any atom is -0.326 e. The molecule has 13 heavy (non-hydrogen) atoms. The molecule has 0 bridgehead atoms. The van der Waals surface area contributed by atoms with Gasteiger partial charge in [-0.2, -0.15) is 0 Å². The Kier molecular flexibility index (Phi) is 1.58. The topological polar surface area (TPSA) is 29.1 Å². The number of nitrogens with one attached hydrogen (secondary N) is 1. The van der Waals surface area contributed by atoms with Gasteiger partial charge < -0.3 is 5.31 Å². The lowest BCUT2D eigenvalue weighted by Gasteiger charge is -2.09. The first-order valence-electron chi connectivity index (χ1n) is 4.99. The Balaban J connectivity index is 2.55. The fraction of sp³-hybridized carbons (Fsp3) is 0.364. The highest BCUT2D eigenvalue weighted by atomic mass is 16.1. The molecule has 68 valence electrons. The highest BCUT2D eigenvalue weighted by Gasteiger charge is 2.20. The quantitative estimate of drug-likeness (QED) is 0.700. The summed E-state index contributed by atoms with van der Waals surface area (Å²) in [6.07, 6.45) is 0.382. The zero-order chi connectivity index (χ0) is 10.3. The van der Waals surface area contributed by atoms with E-state index in [0.717, 1.165) is 16.6 Å². The summed E-state index contributed by atoms with van der Waals surface area (Å²) >= 11 is 0. The minimum atomic E-state index is -0.131. The number of fused-ring (bicyclic) bond motifs is 1. The first kappa shape index (κ1) is 7.13. The summed E-state index contributed by atoms with van der Waals surface area (Å²) < 4.78 is 7.54. The van der Waals surface area contributed by atoms with Crippen molar-refractivity contribution in [3.63, 3.8) is 0 Å². The monoisotopic (exact) mass is 177 g/mol. The molecule has 1 aliphatic heterocycles. The van der Waals surface area contributed by atoms with Crippen molar-refractivity contribution >= 4 is 11.6 Å². The maximum absolute atomic E-state index is 11.3. The zero-order valence-corrected chi connectivity index (χ0v) is 7.87. The predicted octanol–water partition coefficient (Wildman–Crippen LogP) is 2.30. The fourth-order valence-electron chi connectivity index (χ4n) is 1.76. The third-order valence-electron chi connectivity index (χ3n) is 2.38. The smallest absolute Gasteiger partial charge is 0.228 e. The van der Waals surface area contributed by atoms with Crippen molar-refractivity contribution in [1.29, 1.82) is 0 Å². The van der Waals surface area contributed by atoms with E-state index in [1.165, 1.54) is 5.56 Å². The molecule has 0 saturated heterocycles. The second kappa shape index (κ2) is 2.87. The van der Waals surface area contributed by atoms with Gasteiger partial charge in [-0.3, -0.25) is 4.79 Å².